The molecule has 3 rings (SSSR count). The number of thioether (sulfide) groups is 1. The molecule has 0 saturated carbocycles. The van der Waals surface area contributed by atoms with Crippen molar-refractivity contribution in [3.05, 3.63) is 70.8 Å². The lowest BCUT2D eigenvalue weighted by Crippen LogP contribution is -2.20. The second kappa shape index (κ2) is 10.2. The summed E-state index contributed by atoms with van der Waals surface area (Å²) in [5, 5.41) is 42.4. The highest BCUT2D eigenvalue weighted by Crippen LogP contribution is 2.26. The molecule has 0 atom stereocenters. The van der Waals surface area contributed by atoms with Crippen molar-refractivity contribution in [3.8, 4) is 22.9 Å². The van der Waals surface area contributed by atoms with Gasteiger partial charge in [0.15, 0.2) is 11.0 Å². The normalized spacial score (nSPS) is 10.9. The van der Waals surface area contributed by atoms with Gasteiger partial charge in [-0.1, -0.05) is 30.0 Å². The fraction of sp³-hybridized carbons (Fsp3) is 0.100. The molecule has 11 nitrogen and oxygen atoms in total. The van der Waals surface area contributed by atoms with Crippen molar-refractivity contribution in [2.75, 3.05) is 5.75 Å². The van der Waals surface area contributed by atoms with Crippen LogP contribution >= 0.6 is 11.8 Å². The van der Waals surface area contributed by atoms with E-state index >= 15 is 0 Å². The van der Waals surface area contributed by atoms with E-state index in [2.05, 4.69) is 27.3 Å². The first-order valence-corrected chi connectivity index (χ1v) is 10.1. The van der Waals surface area contributed by atoms with Crippen LogP contribution in [-0.2, 0) is 11.3 Å². The van der Waals surface area contributed by atoms with Crippen LogP contribution in [0.25, 0.3) is 11.4 Å². The first-order chi connectivity index (χ1) is 15.4. The number of nitrogens with zero attached hydrogens (tertiary/aromatic N) is 5. The highest BCUT2D eigenvalue weighted by atomic mass is 32.2. The maximum absolute atomic E-state index is 12.1. The lowest BCUT2D eigenvalue weighted by Gasteiger charge is -2.07. The Balaban J connectivity index is 1.67. The van der Waals surface area contributed by atoms with Crippen LogP contribution in [0.4, 0.5) is 5.69 Å². The number of allylic oxidation sites excluding steroid dienone is 1. The Morgan fingerprint density at radius 1 is 1.28 bits per heavy atom. The Hall–Kier alpha value is -4.19. The van der Waals surface area contributed by atoms with E-state index in [1.165, 1.54) is 30.5 Å². The van der Waals surface area contributed by atoms with Crippen LogP contribution in [0.15, 0.2) is 65.4 Å². The molecule has 1 amide bonds. The standard InChI is InChI=1S/C20H18N6O5S/c1-2-8-25-19(13-4-3-5-15(9-13)26(30)31)23-24-20(25)32-12-18(29)22-21-11-14-6-7-16(27)10-17(14)28/h2-7,9-11,27-28H,1,8,12H2,(H,22,29)/b21-11-. The molecule has 0 aliphatic heterocycles. The average molecular weight is 454 g/mol. The van der Waals surface area contributed by atoms with Gasteiger partial charge in [-0.3, -0.25) is 19.5 Å². The van der Waals surface area contributed by atoms with E-state index in [1.54, 1.807) is 22.8 Å². The first-order valence-electron chi connectivity index (χ1n) is 9.14. The number of rotatable bonds is 9. The summed E-state index contributed by atoms with van der Waals surface area (Å²) in [6.45, 7) is 4.05. The van der Waals surface area contributed by atoms with E-state index in [4.69, 9.17) is 0 Å². The van der Waals surface area contributed by atoms with Crippen molar-refractivity contribution >= 4 is 29.6 Å². The van der Waals surface area contributed by atoms with Gasteiger partial charge in [0.05, 0.1) is 16.9 Å². The molecule has 0 saturated heterocycles. The number of phenols is 2. The fourth-order valence-corrected chi connectivity index (χ4v) is 3.38. The van der Waals surface area contributed by atoms with E-state index in [1.807, 2.05) is 0 Å². The van der Waals surface area contributed by atoms with Crippen LogP contribution in [0.5, 0.6) is 11.5 Å². The van der Waals surface area contributed by atoms with Crippen LogP contribution in [0, 0.1) is 10.1 Å². The number of hydrazone groups is 1. The average Bonchev–Trinajstić information content (AvgIpc) is 3.17. The Bertz CT molecular complexity index is 1190. The van der Waals surface area contributed by atoms with Crippen LogP contribution in [0.3, 0.4) is 0 Å². The van der Waals surface area contributed by atoms with Crippen LogP contribution in [-0.4, -0.2) is 47.8 Å². The Kier molecular flexibility index (Phi) is 7.18. The van der Waals surface area contributed by atoms with Crippen molar-refractivity contribution in [3.63, 3.8) is 0 Å². The molecule has 0 fully saturated rings. The zero-order valence-corrected chi connectivity index (χ0v) is 17.4. The lowest BCUT2D eigenvalue weighted by atomic mass is 10.2. The number of amides is 1. The lowest BCUT2D eigenvalue weighted by molar-refractivity contribution is -0.384. The second-order valence-corrected chi connectivity index (χ2v) is 7.28. The Labute approximate surface area is 186 Å². The van der Waals surface area contributed by atoms with Crippen molar-refractivity contribution in [2.24, 2.45) is 5.10 Å². The molecular formula is C20H18N6O5S. The summed E-state index contributed by atoms with van der Waals surface area (Å²) in [5.41, 5.74) is 3.11. The van der Waals surface area contributed by atoms with Gasteiger partial charge in [-0.2, -0.15) is 5.10 Å². The van der Waals surface area contributed by atoms with Crippen molar-refractivity contribution in [1.29, 1.82) is 0 Å². The SMILES string of the molecule is C=CCn1c(SCC(=O)N/N=C\c2ccc(O)cc2O)nnc1-c1cccc([N+](=O)[O-])c1. The van der Waals surface area contributed by atoms with E-state index in [0.29, 0.717) is 28.7 Å². The van der Waals surface area contributed by atoms with Crippen LogP contribution in [0.2, 0.25) is 0 Å². The molecule has 0 spiro atoms. The zero-order valence-electron chi connectivity index (χ0n) is 16.6. The van der Waals surface area contributed by atoms with E-state index < -0.39 is 10.8 Å². The smallest absolute Gasteiger partial charge is 0.270 e. The zero-order chi connectivity index (χ0) is 23.1. The predicted molar refractivity (Wildman–Crippen MR) is 119 cm³/mol. The summed E-state index contributed by atoms with van der Waals surface area (Å²) >= 11 is 1.11. The summed E-state index contributed by atoms with van der Waals surface area (Å²) < 4.78 is 1.70. The van der Waals surface area contributed by atoms with E-state index in [9.17, 15) is 25.1 Å². The minimum absolute atomic E-state index is 0.0247. The number of aromatic nitrogens is 3. The molecular weight excluding hydrogens is 436 g/mol. The van der Waals surface area contributed by atoms with Gasteiger partial charge in [-0.25, -0.2) is 5.43 Å². The minimum atomic E-state index is -0.490. The number of nitro groups is 1. The van der Waals surface area contributed by atoms with E-state index in [-0.39, 0.29) is 22.9 Å². The summed E-state index contributed by atoms with van der Waals surface area (Å²) in [6.07, 6.45) is 2.88. The molecule has 2 aromatic carbocycles. The highest BCUT2D eigenvalue weighted by Gasteiger charge is 2.17. The topological polar surface area (TPSA) is 156 Å². The van der Waals surface area contributed by atoms with Gasteiger partial charge in [0, 0.05) is 35.9 Å². The maximum Gasteiger partial charge on any atom is 0.270 e. The molecule has 1 heterocycles. The van der Waals surface area contributed by atoms with Gasteiger partial charge in [-0.15, -0.1) is 16.8 Å². The van der Waals surface area contributed by atoms with Crippen molar-refractivity contribution < 1.29 is 19.9 Å². The number of non-ortho nitro benzene ring substituents is 1. The summed E-state index contributed by atoms with van der Waals surface area (Å²) in [4.78, 5) is 22.7. The molecule has 1 aromatic heterocycles. The van der Waals surface area contributed by atoms with Gasteiger partial charge in [-0.05, 0) is 12.1 Å². The number of nitrogens with one attached hydrogen (secondary N) is 1. The number of aromatic hydroxyl groups is 2. The third kappa shape index (κ3) is 5.49. The van der Waals surface area contributed by atoms with Gasteiger partial charge in [0.2, 0.25) is 0 Å². The molecule has 3 N–H and O–H groups in total. The number of hydrogen-bond acceptors (Lipinski definition) is 9. The monoisotopic (exact) mass is 454 g/mol. The number of hydrogen-bond donors (Lipinski definition) is 3. The molecule has 32 heavy (non-hydrogen) atoms. The van der Waals surface area contributed by atoms with Crippen LogP contribution in [0.1, 0.15) is 5.56 Å². The van der Waals surface area contributed by atoms with Crippen LogP contribution < -0.4 is 5.43 Å². The summed E-state index contributed by atoms with van der Waals surface area (Å²) in [6, 6.07) is 10.0. The molecule has 0 unspecified atom stereocenters. The molecule has 12 heteroatoms. The highest BCUT2D eigenvalue weighted by molar-refractivity contribution is 7.99. The Morgan fingerprint density at radius 2 is 2.09 bits per heavy atom. The third-order valence-corrected chi connectivity index (χ3v) is 5.05. The molecule has 0 radical (unpaired) electrons. The Morgan fingerprint density at radius 3 is 2.81 bits per heavy atom. The van der Waals surface area contributed by atoms with Gasteiger partial charge in [0.25, 0.3) is 11.6 Å². The quantitative estimate of drug-likeness (QED) is 0.146. The van der Waals surface area contributed by atoms with Gasteiger partial charge < -0.3 is 10.2 Å². The number of phenolic OH excluding ortho intramolecular Hbond substituents is 2. The maximum atomic E-state index is 12.1. The second-order valence-electron chi connectivity index (χ2n) is 6.34. The van der Waals surface area contributed by atoms with Crippen molar-refractivity contribution in [1.82, 2.24) is 20.2 Å². The molecule has 0 aliphatic carbocycles. The largest absolute Gasteiger partial charge is 0.508 e. The predicted octanol–water partition coefficient (Wildman–Crippen LogP) is 2.69. The first kappa shape index (κ1) is 22.5. The minimum Gasteiger partial charge on any atom is -0.508 e. The van der Waals surface area contributed by atoms with Crippen molar-refractivity contribution in [2.45, 2.75) is 11.7 Å². The molecule has 0 aliphatic rings. The molecule has 3 aromatic rings. The number of carbonyl (C=O) groups is 1. The summed E-state index contributed by atoms with van der Waals surface area (Å²) in [5.74, 6) is -0.299. The van der Waals surface area contributed by atoms with Gasteiger partial charge in [0.1, 0.15) is 11.5 Å². The number of benzene rings is 2. The van der Waals surface area contributed by atoms with E-state index in [0.717, 1.165) is 17.8 Å². The fourth-order valence-electron chi connectivity index (χ4n) is 2.64. The molecule has 164 valence electrons. The number of nitro benzene ring substituents is 1. The number of carbonyl (C=O) groups excluding carboxylic acids is 1. The third-order valence-electron chi connectivity index (χ3n) is 4.08. The van der Waals surface area contributed by atoms with Gasteiger partial charge >= 0.3 is 0 Å². The molecule has 0 bridgehead atoms. The summed E-state index contributed by atoms with van der Waals surface area (Å²) in [7, 11) is 0.